The first-order chi connectivity index (χ1) is 7.72. The molecular weight excluding hydrogens is 228 g/mol. The topological polar surface area (TPSA) is 35.0 Å². The highest BCUT2D eigenvalue weighted by Gasteiger charge is 2.38. The standard InChI is InChI=1S/C13H24N2OSi/c1-11(9-12-7-8-14-10-15-12)16-17(5,6)13(2,3)4/h7-8,10-11H,9H2,1-6H3. The van der Waals surface area contributed by atoms with E-state index < -0.39 is 8.32 Å². The normalized spacial score (nSPS) is 14.7. The minimum Gasteiger partial charge on any atom is -0.414 e. The van der Waals surface area contributed by atoms with Gasteiger partial charge in [0, 0.05) is 24.4 Å². The summed E-state index contributed by atoms with van der Waals surface area (Å²) in [5, 5.41) is 0.257. The molecule has 0 N–H and O–H groups in total. The van der Waals surface area contributed by atoms with Gasteiger partial charge in [0.2, 0.25) is 0 Å². The third kappa shape index (κ3) is 4.20. The van der Waals surface area contributed by atoms with Gasteiger partial charge in [-0.25, -0.2) is 9.97 Å². The van der Waals surface area contributed by atoms with Crippen molar-refractivity contribution in [2.24, 2.45) is 0 Å². The molecule has 3 nitrogen and oxygen atoms in total. The zero-order valence-corrected chi connectivity index (χ0v) is 12.8. The van der Waals surface area contributed by atoms with Crippen LogP contribution in [-0.2, 0) is 10.8 Å². The lowest BCUT2D eigenvalue weighted by molar-refractivity contribution is 0.198. The summed E-state index contributed by atoms with van der Waals surface area (Å²) in [6.45, 7) is 13.5. The zero-order chi connectivity index (χ0) is 13.1. The van der Waals surface area contributed by atoms with Crippen LogP contribution in [0.3, 0.4) is 0 Å². The van der Waals surface area contributed by atoms with Gasteiger partial charge in [-0.1, -0.05) is 20.8 Å². The number of aromatic nitrogens is 2. The van der Waals surface area contributed by atoms with Gasteiger partial charge in [-0.05, 0) is 31.1 Å². The molecule has 1 heterocycles. The van der Waals surface area contributed by atoms with Crippen molar-refractivity contribution in [3.63, 3.8) is 0 Å². The second kappa shape index (κ2) is 5.27. The van der Waals surface area contributed by atoms with Gasteiger partial charge in [-0.2, -0.15) is 0 Å². The Balaban J connectivity index is 2.59. The quantitative estimate of drug-likeness (QED) is 0.770. The van der Waals surface area contributed by atoms with Crippen molar-refractivity contribution in [3.05, 3.63) is 24.3 Å². The van der Waals surface area contributed by atoms with E-state index in [1.54, 1.807) is 12.5 Å². The summed E-state index contributed by atoms with van der Waals surface area (Å²) in [5.41, 5.74) is 1.05. The van der Waals surface area contributed by atoms with Crippen molar-refractivity contribution in [2.45, 2.75) is 58.4 Å². The van der Waals surface area contributed by atoms with Crippen LogP contribution >= 0.6 is 0 Å². The van der Waals surface area contributed by atoms with E-state index in [-0.39, 0.29) is 11.1 Å². The van der Waals surface area contributed by atoms with Crippen molar-refractivity contribution in [1.82, 2.24) is 9.97 Å². The highest BCUT2D eigenvalue weighted by Crippen LogP contribution is 2.37. The molecule has 1 unspecified atom stereocenters. The van der Waals surface area contributed by atoms with Gasteiger partial charge < -0.3 is 4.43 Å². The van der Waals surface area contributed by atoms with E-state index in [4.69, 9.17) is 4.43 Å². The fourth-order valence-corrected chi connectivity index (χ4v) is 2.90. The molecule has 1 aromatic rings. The lowest BCUT2D eigenvalue weighted by Crippen LogP contribution is -2.43. The van der Waals surface area contributed by atoms with Gasteiger partial charge in [-0.3, -0.25) is 0 Å². The first-order valence-corrected chi connectivity index (χ1v) is 9.06. The van der Waals surface area contributed by atoms with Crippen LogP contribution < -0.4 is 0 Å². The maximum atomic E-state index is 6.28. The molecule has 1 rings (SSSR count). The molecule has 0 aliphatic rings. The van der Waals surface area contributed by atoms with E-state index in [1.165, 1.54) is 0 Å². The van der Waals surface area contributed by atoms with E-state index in [9.17, 15) is 0 Å². The van der Waals surface area contributed by atoms with Crippen LogP contribution in [0, 0.1) is 0 Å². The van der Waals surface area contributed by atoms with Crippen molar-refractivity contribution in [2.75, 3.05) is 0 Å². The molecule has 0 fully saturated rings. The van der Waals surface area contributed by atoms with E-state index >= 15 is 0 Å². The highest BCUT2D eigenvalue weighted by molar-refractivity contribution is 6.74. The van der Waals surface area contributed by atoms with Crippen LogP contribution in [0.25, 0.3) is 0 Å². The van der Waals surface area contributed by atoms with E-state index in [1.807, 2.05) is 6.07 Å². The summed E-state index contributed by atoms with van der Waals surface area (Å²) >= 11 is 0. The molecule has 0 radical (unpaired) electrons. The van der Waals surface area contributed by atoms with Crippen LogP contribution in [-0.4, -0.2) is 24.4 Å². The minimum atomic E-state index is -1.67. The molecule has 1 aromatic heterocycles. The van der Waals surface area contributed by atoms with Gasteiger partial charge in [0.05, 0.1) is 0 Å². The Labute approximate surface area is 106 Å². The van der Waals surface area contributed by atoms with E-state index in [2.05, 4.69) is 50.8 Å². The van der Waals surface area contributed by atoms with Gasteiger partial charge in [0.25, 0.3) is 0 Å². The second-order valence-corrected chi connectivity index (χ2v) is 10.8. The molecule has 96 valence electrons. The average molecular weight is 252 g/mol. The van der Waals surface area contributed by atoms with Crippen molar-refractivity contribution < 1.29 is 4.43 Å². The zero-order valence-electron chi connectivity index (χ0n) is 11.8. The maximum absolute atomic E-state index is 6.28. The third-order valence-corrected chi connectivity index (χ3v) is 8.05. The van der Waals surface area contributed by atoms with Gasteiger partial charge >= 0.3 is 0 Å². The van der Waals surface area contributed by atoms with Crippen LogP contribution in [0.4, 0.5) is 0 Å². The largest absolute Gasteiger partial charge is 0.414 e. The van der Waals surface area contributed by atoms with Crippen molar-refractivity contribution >= 4 is 8.32 Å². The Morgan fingerprint density at radius 1 is 1.35 bits per heavy atom. The number of nitrogens with zero attached hydrogens (tertiary/aromatic N) is 2. The molecule has 0 spiro atoms. The van der Waals surface area contributed by atoms with Crippen LogP contribution in [0.1, 0.15) is 33.4 Å². The third-order valence-electron chi connectivity index (χ3n) is 3.44. The molecule has 0 saturated heterocycles. The van der Waals surface area contributed by atoms with Gasteiger partial charge in [0.15, 0.2) is 8.32 Å². The molecule has 1 atom stereocenters. The van der Waals surface area contributed by atoms with Crippen molar-refractivity contribution in [1.29, 1.82) is 0 Å². The summed E-state index contributed by atoms with van der Waals surface area (Å²) < 4.78 is 6.28. The van der Waals surface area contributed by atoms with Gasteiger partial charge in [-0.15, -0.1) is 0 Å². The smallest absolute Gasteiger partial charge is 0.192 e. The van der Waals surface area contributed by atoms with Crippen LogP contribution in [0.5, 0.6) is 0 Å². The summed E-state index contributed by atoms with van der Waals surface area (Å²) in [5.74, 6) is 0. The highest BCUT2D eigenvalue weighted by atomic mass is 28.4. The Morgan fingerprint density at radius 2 is 2.00 bits per heavy atom. The molecule has 4 heteroatoms. The summed E-state index contributed by atoms with van der Waals surface area (Å²) in [7, 11) is -1.67. The molecule has 0 amide bonds. The molecule has 0 aliphatic heterocycles. The van der Waals surface area contributed by atoms with Crippen molar-refractivity contribution in [3.8, 4) is 0 Å². The van der Waals surface area contributed by atoms with E-state index in [0.717, 1.165) is 12.1 Å². The summed E-state index contributed by atoms with van der Waals surface area (Å²) in [6, 6.07) is 1.95. The Kier molecular flexibility index (Phi) is 4.44. The molecule has 17 heavy (non-hydrogen) atoms. The number of rotatable bonds is 4. The fraction of sp³-hybridized carbons (Fsp3) is 0.692. The number of hydrogen-bond acceptors (Lipinski definition) is 3. The van der Waals surface area contributed by atoms with Crippen LogP contribution in [0.2, 0.25) is 18.1 Å². The average Bonchev–Trinajstić information content (AvgIpc) is 2.16. The number of hydrogen-bond donors (Lipinski definition) is 0. The Hall–Kier alpha value is -0.743. The predicted octanol–water partition coefficient (Wildman–Crippen LogP) is 3.43. The minimum absolute atomic E-state index is 0.214. The fourth-order valence-electron chi connectivity index (χ4n) is 1.45. The molecule has 0 aliphatic carbocycles. The molecule has 0 aromatic carbocycles. The first kappa shape index (κ1) is 14.3. The molecule has 0 bridgehead atoms. The first-order valence-electron chi connectivity index (χ1n) is 6.15. The monoisotopic (exact) mass is 252 g/mol. The Morgan fingerprint density at radius 3 is 2.47 bits per heavy atom. The molecular formula is C13H24N2OSi. The second-order valence-electron chi connectivity index (χ2n) is 6.09. The van der Waals surface area contributed by atoms with Crippen LogP contribution in [0.15, 0.2) is 18.6 Å². The lowest BCUT2D eigenvalue weighted by atomic mass is 10.2. The van der Waals surface area contributed by atoms with Gasteiger partial charge in [0.1, 0.15) is 6.33 Å². The van der Waals surface area contributed by atoms with E-state index in [0.29, 0.717) is 0 Å². The summed E-state index contributed by atoms with van der Waals surface area (Å²) in [4.78, 5) is 8.16. The lowest BCUT2D eigenvalue weighted by Gasteiger charge is -2.38. The predicted molar refractivity (Wildman–Crippen MR) is 73.5 cm³/mol. The maximum Gasteiger partial charge on any atom is 0.192 e. The Bertz CT molecular complexity index is 346. The SMILES string of the molecule is CC(Cc1ccncn1)O[Si](C)(C)C(C)(C)C. The molecule has 0 saturated carbocycles. The summed E-state index contributed by atoms with van der Waals surface area (Å²) in [6.07, 6.45) is 4.44.